The molecule has 0 fully saturated rings. The molecule has 0 unspecified atom stereocenters. The van der Waals surface area contributed by atoms with E-state index in [1.54, 1.807) is 24.3 Å². The van der Waals surface area contributed by atoms with Gasteiger partial charge >= 0.3 is 0 Å². The van der Waals surface area contributed by atoms with Crippen molar-refractivity contribution in [2.45, 2.75) is 11.8 Å². The molecule has 6 nitrogen and oxygen atoms in total. The molecule has 0 spiro atoms. The van der Waals surface area contributed by atoms with E-state index in [2.05, 4.69) is 10.0 Å². The highest BCUT2D eigenvalue weighted by atomic mass is 35.5. The number of ketones is 1. The van der Waals surface area contributed by atoms with Crippen molar-refractivity contribution in [3.8, 4) is 0 Å². The number of hydrogen-bond donors (Lipinski definition) is 2. The highest BCUT2D eigenvalue weighted by molar-refractivity contribution is 7.92. The Kier molecular flexibility index (Phi) is 6.19. The molecule has 0 saturated carbocycles. The Morgan fingerprint density at radius 3 is 2.23 bits per heavy atom. The molecule has 3 aromatic rings. The Hall–Kier alpha value is -3.23. The first-order chi connectivity index (χ1) is 14.2. The number of sulfonamides is 1. The van der Waals surface area contributed by atoms with Gasteiger partial charge < -0.3 is 5.32 Å². The fraction of sp³-hybridized carbons (Fsp3) is 0.0476. The zero-order valence-corrected chi connectivity index (χ0v) is 17.2. The summed E-state index contributed by atoms with van der Waals surface area (Å²) in [4.78, 5) is 23.7. The Morgan fingerprint density at radius 1 is 0.900 bits per heavy atom. The molecular weight excluding hydrogens is 431 g/mol. The van der Waals surface area contributed by atoms with Crippen molar-refractivity contribution in [2.75, 3.05) is 10.0 Å². The van der Waals surface area contributed by atoms with Gasteiger partial charge in [-0.25, -0.2) is 12.8 Å². The third-order valence-corrected chi connectivity index (χ3v) is 5.80. The van der Waals surface area contributed by atoms with Crippen molar-refractivity contribution in [2.24, 2.45) is 0 Å². The molecule has 0 bridgehead atoms. The number of rotatable bonds is 6. The van der Waals surface area contributed by atoms with Gasteiger partial charge in [0.15, 0.2) is 5.78 Å². The van der Waals surface area contributed by atoms with Crippen LogP contribution in [0.2, 0.25) is 5.02 Å². The van der Waals surface area contributed by atoms with E-state index in [9.17, 15) is 22.4 Å². The van der Waals surface area contributed by atoms with Gasteiger partial charge in [-0.15, -0.1) is 0 Å². The summed E-state index contributed by atoms with van der Waals surface area (Å²) < 4.78 is 40.4. The van der Waals surface area contributed by atoms with Gasteiger partial charge in [0.2, 0.25) is 0 Å². The molecule has 154 valence electrons. The van der Waals surface area contributed by atoms with E-state index in [0.717, 1.165) is 18.2 Å². The zero-order valence-electron chi connectivity index (χ0n) is 15.6. The van der Waals surface area contributed by atoms with Crippen LogP contribution in [0.5, 0.6) is 0 Å². The molecule has 0 aliphatic carbocycles. The lowest BCUT2D eigenvalue weighted by Crippen LogP contribution is -2.14. The Bertz CT molecular complexity index is 1230. The molecule has 1 amide bonds. The molecule has 3 aromatic carbocycles. The van der Waals surface area contributed by atoms with Crippen molar-refractivity contribution in [1.82, 2.24) is 0 Å². The number of amides is 1. The summed E-state index contributed by atoms with van der Waals surface area (Å²) in [5.41, 5.74) is 1.44. The largest absolute Gasteiger partial charge is 0.322 e. The maximum atomic E-state index is 13.2. The van der Waals surface area contributed by atoms with Gasteiger partial charge in [0.25, 0.3) is 15.9 Å². The Labute approximate surface area is 177 Å². The third-order valence-electron chi connectivity index (χ3n) is 4.13. The van der Waals surface area contributed by atoms with Gasteiger partial charge in [-0.1, -0.05) is 23.7 Å². The highest BCUT2D eigenvalue weighted by Gasteiger charge is 2.16. The molecule has 0 aliphatic heterocycles. The standard InChI is InChI=1S/C21H16ClFN2O4S/c1-13(26)15-3-2-4-17(11-15)24-21(27)14-5-7-16(8-6-14)25-30(28,29)18-9-10-20(23)19(22)12-18/h2-12,25H,1H3,(H,24,27). The van der Waals surface area contributed by atoms with Crippen molar-refractivity contribution in [3.05, 3.63) is 88.7 Å². The number of halogens is 2. The van der Waals surface area contributed by atoms with E-state index < -0.39 is 21.7 Å². The SMILES string of the molecule is CC(=O)c1cccc(NC(=O)c2ccc(NS(=O)(=O)c3ccc(F)c(Cl)c3)cc2)c1. The second-order valence-electron chi connectivity index (χ2n) is 6.35. The predicted octanol–water partition coefficient (Wildman–Crippen LogP) is 4.73. The lowest BCUT2D eigenvalue weighted by molar-refractivity contribution is 0.101. The van der Waals surface area contributed by atoms with Gasteiger partial charge in [-0.05, 0) is 61.5 Å². The lowest BCUT2D eigenvalue weighted by Gasteiger charge is -2.10. The van der Waals surface area contributed by atoms with E-state index in [1.807, 2.05) is 0 Å². The van der Waals surface area contributed by atoms with Crippen LogP contribution in [-0.4, -0.2) is 20.1 Å². The predicted molar refractivity (Wildman–Crippen MR) is 113 cm³/mol. The van der Waals surface area contributed by atoms with Gasteiger partial charge in [0.05, 0.1) is 9.92 Å². The van der Waals surface area contributed by atoms with Crippen molar-refractivity contribution < 1.29 is 22.4 Å². The minimum absolute atomic E-state index is 0.120. The zero-order chi connectivity index (χ0) is 21.9. The van der Waals surface area contributed by atoms with Crippen molar-refractivity contribution in [3.63, 3.8) is 0 Å². The van der Waals surface area contributed by atoms with Gasteiger partial charge in [0.1, 0.15) is 5.82 Å². The molecule has 0 aromatic heterocycles. The van der Waals surface area contributed by atoms with Crippen LogP contribution in [0, 0.1) is 5.82 Å². The summed E-state index contributed by atoms with van der Waals surface area (Å²) in [7, 11) is -3.98. The van der Waals surface area contributed by atoms with Gasteiger partial charge in [-0.3, -0.25) is 14.3 Å². The molecule has 0 radical (unpaired) electrons. The fourth-order valence-electron chi connectivity index (χ4n) is 2.57. The van der Waals surface area contributed by atoms with E-state index in [-0.39, 0.29) is 27.0 Å². The smallest absolute Gasteiger partial charge is 0.261 e. The summed E-state index contributed by atoms with van der Waals surface area (Å²) in [5.74, 6) is -1.26. The lowest BCUT2D eigenvalue weighted by atomic mass is 10.1. The normalized spacial score (nSPS) is 11.0. The summed E-state index contributed by atoms with van der Waals surface area (Å²) in [5, 5.41) is 2.37. The Balaban J connectivity index is 1.72. The minimum Gasteiger partial charge on any atom is -0.322 e. The molecule has 9 heteroatoms. The molecule has 0 aliphatic rings. The van der Waals surface area contributed by atoms with Gasteiger partial charge in [-0.2, -0.15) is 0 Å². The molecule has 3 rings (SSSR count). The van der Waals surface area contributed by atoms with Crippen LogP contribution in [-0.2, 0) is 10.0 Å². The molecule has 0 atom stereocenters. The number of hydrogen-bond acceptors (Lipinski definition) is 4. The number of benzene rings is 3. The van der Waals surface area contributed by atoms with Crippen LogP contribution in [0.4, 0.5) is 15.8 Å². The number of anilines is 2. The Morgan fingerprint density at radius 2 is 1.60 bits per heavy atom. The number of nitrogens with one attached hydrogen (secondary N) is 2. The number of Topliss-reactive ketones (excluding diaryl/α,β-unsaturated/α-hetero) is 1. The second kappa shape index (κ2) is 8.64. The second-order valence-corrected chi connectivity index (χ2v) is 8.44. The van der Waals surface area contributed by atoms with Gasteiger partial charge in [0, 0.05) is 22.5 Å². The maximum absolute atomic E-state index is 13.2. The molecule has 0 saturated heterocycles. The molecule has 2 N–H and O–H groups in total. The average molecular weight is 447 g/mol. The first kappa shape index (κ1) is 21.5. The molecule has 0 heterocycles. The van der Waals surface area contributed by atoms with E-state index in [1.165, 1.54) is 31.2 Å². The number of carbonyl (C=O) groups is 2. The van der Waals surface area contributed by atoms with Crippen LogP contribution in [0.3, 0.4) is 0 Å². The quantitative estimate of drug-likeness (QED) is 0.535. The van der Waals surface area contributed by atoms with E-state index >= 15 is 0 Å². The van der Waals surface area contributed by atoms with E-state index in [4.69, 9.17) is 11.6 Å². The molecule has 30 heavy (non-hydrogen) atoms. The van der Waals surface area contributed by atoms with Crippen LogP contribution in [0.1, 0.15) is 27.6 Å². The summed E-state index contributed by atoms with van der Waals surface area (Å²) >= 11 is 5.64. The number of carbonyl (C=O) groups excluding carboxylic acids is 2. The van der Waals surface area contributed by atoms with Crippen LogP contribution < -0.4 is 10.0 Å². The first-order valence-electron chi connectivity index (χ1n) is 8.66. The summed E-state index contributed by atoms with van der Waals surface area (Å²) in [6.07, 6.45) is 0. The average Bonchev–Trinajstić information content (AvgIpc) is 2.70. The monoisotopic (exact) mass is 446 g/mol. The summed E-state index contributed by atoms with van der Waals surface area (Å²) in [6, 6.07) is 15.3. The molecular formula is C21H16ClFN2O4S. The minimum atomic E-state index is -3.98. The van der Waals surface area contributed by atoms with Crippen molar-refractivity contribution in [1.29, 1.82) is 0 Å². The third kappa shape index (κ3) is 5.03. The highest BCUT2D eigenvalue weighted by Crippen LogP contribution is 2.22. The van der Waals surface area contributed by atoms with Crippen molar-refractivity contribution >= 4 is 44.7 Å². The first-order valence-corrected chi connectivity index (χ1v) is 10.5. The topological polar surface area (TPSA) is 92.3 Å². The van der Waals surface area contributed by atoms with E-state index in [0.29, 0.717) is 11.3 Å². The fourth-order valence-corrected chi connectivity index (χ4v) is 3.90. The summed E-state index contributed by atoms with van der Waals surface area (Å²) in [6.45, 7) is 1.43. The maximum Gasteiger partial charge on any atom is 0.261 e. The van der Waals surface area contributed by atoms with Crippen LogP contribution in [0.25, 0.3) is 0 Å². The van der Waals surface area contributed by atoms with Crippen LogP contribution in [0.15, 0.2) is 71.6 Å². The van der Waals surface area contributed by atoms with Crippen LogP contribution >= 0.6 is 11.6 Å².